The van der Waals surface area contributed by atoms with Crippen molar-refractivity contribution in [3.05, 3.63) is 54.1 Å². The minimum Gasteiger partial charge on any atom is -0.497 e. The summed E-state index contributed by atoms with van der Waals surface area (Å²) < 4.78 is 10.7. The normalized spacial score (nSPS) is 15.7. The first-order chi connectivity index (χ1) is 11.6. The van der Waals surface area contributed by atoms with Crippen LogP contribution in [0.2, 0.25) is 0 Å². The van der Waals surface area contributed by atoms with E-state index in [0.29, 0.717) is 23.6 Å². The molecule has 0 fully saturated rings. The van der Waals surface area contributed by atoms with Crippen LogP contribution in [0.3, 0.4) is 0 Å². The Kier molecular flexibility index (Phi) is 4.37. The Labute approximate surface area is 139 Å². The number of rotatable bonds is 5. The predicted octanol–water partition coefficient (Wildman–Crippen LogP) is 1.52. The Morgan fingerprint density at radius 2 is 1.92 bits per heavy atom. The molecule has 124 valence electrons. The van der Waals surface area contributed by atoms with E-state index in [1.807, 2.05) is 24.3 Å². The maximum absolute atomic E-state index is 12.6. The lowest BCUT2D eigenvalue weighted by atomic mass is 10.1. The monoisotopic (exact) mass is 326 g/mol. The second-order valence-electron chi connectivity index (χ2n) is 5.48. The van der Waals surface area contributed by atoms with E-state index >= 15 is 0 Å². The Bertz CT molecular complexity index is 775. The van der Waals surface area contributed by atoms with Crippen LogP contribution in [0.5, 0.6) is 11.5 Å². The number of hydrogen-bond donors (Lipinski definition) is 1. The van der Waals surface area contributed by atoms with E-state index in [2.05, 4.69) is 0 Å². The summed E-state index contributed by atoms with van der Waals surface area (Å²) in [6.45, 7) is -0.189. The molecular weight excluding hydrogens is 308 g/mol. The van der Waals surface area contributed by atoms with Crippen molar-refractivity contribution in [3.8, 4) is 11.5 Å². The average Bonchev–Trinajstić information content (AvgIpc) is 3.00. The second kappa shape index (κ2) is 6.62. The standard InChI is InChI=1S/C18H18N2O4/c1-23-13-6-4-7-14(10-13)24-11-17(21)20-15-8-3-2-5-12(15)9-16(20)18(19)22/h2-8,10,16H,9,11H2,1H3,(H2,19,22). The quantitative estimate of drug-likeness (QED) is 0.903. The smallest absolute Gasteiger partial charge is 0.265 e. The molecule has 1 unspecified atom stereocenters. The molecule has 0 bridgehead atoms. The number of primary amides is 1. The molecule has 2 aromatic carbocycles. The van der Waals surface area contributed by atoms with E-state index in [1.54, 1.807) is 31.4 Å². The number of fused-ring (bicyclic) bond motifs is 1. The first-order valence-electron chi connectivity index (χ1n) is 7.56. The summed E-state index contributed by atoms with van der Waals surface area (Å²) in [4.78, 5) is 25.8. The first kappa shape index (κ1) is 15.9. The maximum atomic E-state index is 12.6. The van der Waals surface area contributed by atoms with Gasteiger partial charge in [-0.3, -0.25) is 14.5 Å². The molecule has 2 amide bonds. The number of nitrogens with two attached hydrogens (primary N) is 1. The molecular formula is C18H18N2O4. The molecule has 0 saturated carbocycles. The summed E-state index contributed by atoms with van der Waals surface area (Å²) in [7, 11) is 1.56. The molecule has 0 saturated heterocycles. The maximum Gasteiger partial charge on any atom is 0.265 e. The molecule has 1 aliphatic rings. The lowest BCUT2D eigenvalue weighted by Gasteiger charge is -2.23. The molecule has 0 aromatic heterocycles. The molecule has 24 heavy (non-hydrogen) atoms. The minimum atomic E-state index is -0.677. The molecule has 2 aromatic rings. The van der Waals surface area contributed by atoms with E-state index in [0.717, 1.165) is 5.56 Å². The van der Waals surface area contributed by atoms with Crippen molar-refractivity contribution in [2.75, 3.05) is 18.6 Å². The van der Waals surface area contributed by atoms with Crippen molar-refractivity contribution in [2.24, 2.45) is 5.73 Å². The third-order valence-electron chi connectivity index (χ3n) is 3.98. The third-order valence-corrected chi connectivity index (χ3v) is 3.98. The lowest BCUT2D eigenvalue weighted by Crippen LogP contribution is -2.47. The average molecular weight is 326 g/mol. The number of hydrogen-bond acceptors (Lipinski definition) is 4. The zero-order valence-corrected chi connectivity index (χ0v) is 13.3. The van der Waals surface area contributed by atoms with Crippen molar-refractivity contribution >= 4 is 17.5 Å². The number of carbonyl (C=O) groups is 2. The van der Waals surface area contributed by atoms with Gasteiger partial charge in [-0.15, -0.1) is 0 Å². The number of para-hydroxylation sites is 1. The Hall–Kier alpha value is -3.02. The van der Waals surface area contributed by atoms with Gasteiger partial charge in [-0.2, -0.15) is 0 Å². The van der Waals surface area contributed by atoms with Crippen LogP contribution in [0.1, 0.15) is 5.56 Å². The van der Waals surface area contributed by atoms with Crippen LogP contribution in [0.4, 0.5) is 5.69 Å². The van der Waals surface area contributed by atoms with Gasteiger partial charge < -0.3 is 15.2 Å². The molecule has 6 nitrogen and oxygen atoms in total. The van der Waals surface area contributed by atoms with Gasteiger partial charge >= 0.3 is 0 Å². The number of nitrogens with zero attached hydrogens (tertiary/aromatic N) is 1. The summed E-state index contributed by atoms with van der Waals surface area (Å²) in [6.07, 6.45) is 0.427. The number of ether oxygens (including phenoxy) is 2. The van der Waals surface area contributed by atoms with Crippen LogP contribution in [0.25, 0.3) is 0 Å². The van der Waals surface area contributed by atoms with Gasteiger partial charge in [0.1, 0.15) is 17.5 Å². The number of benzene rings is 2. The van der Waals surface area contributed by atoms with Gasteiger partial charge in [-0.05, 0) is 23.8 Å². The Balaban J connectivity index is 1.76. The fraction of sp³-hybridized carbons (Fsp3) is 0.222. The molecule has 1 heterocycles. The first-order valence-corrected chi connectivity index (χ1v) is 7.56. The summed E-state index contributed by atoms with van der Waals surface area (Å²) in [5.41, 5.74) is 7.10. The van der Waals surface area contributed by atoms with Gasteiger partial charge in [0.25, 0.3) is 5.91 Å². The number of anilines is 1. The molecule has 0 radical (unpaired) electrons. The lowest BCUT2D eigenvalue weighted by molar-refractivity contribution is -0.125. The van der Waals surface area contributed by atoms with Crippen LogP contribution in [0, 0.1) is 0 Å². The number of amides is 2. The highest BCUT2D eigenvalue weighted by atomic mass is 16.5. The van der Waals surface area contributed by atoms with Crippen molar-refractivity contribution in [3.63, 3.8) is 0 Å². The van der Waals surface area contributed by atoms with Gasteiger partial charge in [0.2, 0.25) is 5.91 Å². The molecule has 6 heteroatoms. The van der Waals surface area contributed by atoms with Crippen molar-refractivity contribution in [2.45, 2.75) is 12.5 Å². The largest absolute Gasteiger partial charge is 0.497 e. The van der Waals surface area contributed by atoms with Crippen LogP contribution >= 0.6 is 0 Å². The number of methoxy groups -OCH3 is 1. The van der Waals surface area contributed by atoms with E-state index in [9.17, 15) is 9.59 Å². The molecule has 0 aliphatic carbocycles. The predicted molar refractivity (Wildman–Crippen MR) is 89.1 cm³/mol. The van der Waals surface area contributed by atoms with Gasteiger partial charge in [-0.25, -0.2) is 0 Å². The fourth-order valence-corrected chi connectivity index (χ4v) is 2.83. The fourth-order valence-electron chi connectivity index (χ4n) is 2.83. The SMILES string of the molecule is COc1cccc(OCC(=O)N2c3ccccc3CC2C(N)=O)c1. The summed E-state index contributed by atoms with van der Waals surface area (Å²) in [6, 6.07) is 13.7. The van der Waals surface area contributed by atoms with E-state index in [-0.39, 0.29) is 12.5 Å². The molecule has 1 atom stereocenters. The second-order valence-corrected chi connectivity index (χ2v) is 5.48. The van der Waals surface area contributed by atoms with Crippen LogP contribution in [-0.4, -0.2) is 31.6 Å². The molecule has 2 N–H and O–H groups in total. The van der Waals surface area contributed by atoms with E-state index < -0.39 is 11.9 Å². The van der Waals surface area contributed by atoms with E-state index in [1.165, 1.54) is 4.90 Å². The topological polar surface area (TPSA) is 81.9 Å². The molecule has 1 aliphatic heterocycles. The summed E-state index contributed by atoms with van der Waals surface area (Å²) in [5, 5.41) is 0. The Morgan fingerprint density at radius 1 is 1.17 bits per heavy atom. The zero-order chi connectivity index (χ0) is 17.1. The third kappa shape index (κ3) is 3.03. The van der Waals surface area contributed by atoms with Crippen molar-refractivity contribution < 1.29 is 19.1 Å². The van der Waals surface area contributed by atoms with Crippen LogP contribution < -0.4 is 20.1 Å². The van der Waals surface area contributed by atoms with Gasteiger partial charge in [0.15, 0.2) is 6.61 Å². The Morgan fingerprint density at radius 3 is 2.67 bits per heavy atom. The summed E-state index contributed by atoms with van der Waals surface area (Å²) in [5.74, 6) is 0.319. The summed E-state index contributed by atoms with van der Waals surface area (Å²) >= 11 is 0. The molecule has 0 spiro atoms. The zero-order valence-electron chi connectivity index (χ0n) is 13.3. The molecule has 3 rings (SSSR count). The van der Waals surface area contributed by atoms with Gasteiger partial charge in [0.05, 0.1) is 7.11 Å². The van der Waals surface area contributed by atoms with E-state index in [4.69, 9.17) is 15.2 Å². The van der Waals surface area contributed by atoms with Crippen LogP contribution in [-0.2, 0) is 16.0 Å². The number of carbonyl (C=O) groups excluding carboxylic acids is 2. The van der Waals surface area contributed by atoms with Crippen molar-refractivity contribution in [1.29, 1.82) is 0 Å². The van der Waals surface area contributed by atoms with Gasteiger partial charge in [-0.1, -0.05) is 24.3 Å². The minimum absolute atomic E-state index is 0.189. The van der Waals surface area contributed by atoms with Gasteiger partial charge in [0, 0.05) is 18.2 Å². The van der Waals surface area contributed by atoms with Crippen LogP contribution in [0.15, 0.2) is 48.5 Å². The van der Waals surface area contributed by atoms with Crippen molar-refractivity contribution in [1.82, 2.24) is 0 Å². The highest BCUT2D eigenvalue weighted by Crippen LogP contribution is 2.32. The highest BCUT2D eigenvalue weighted by Gasteiger charge is 2.37. The highest BCUT2D eigenvalue weighted by molar-refractivity contribution is 6.03.